The maximum atomic E-state index is 6.96. The van der Waals surface area contributed by atoms with E-state index in [9.17, 15) is 0 Å². The highest BCUT2D eigenvalue weighted by atomic mass is 28.4. The van der Waals surface area contributed by atoms with Crippen LogP contribution in [0.25, 0.3) is 5.57 Å². The molecule has 0 amide bonds. The van der Waals surface area contributed by atoms with Gasteiger partial charge >= 0.3 is 0 Å². The van der Waals surface area contributed by atoms with E-state index < -0.39 is 16.6 Å². The van der Waals surface area contributed by atoms with Gasteiger partial charge in [-0.1, -0.05) is 53.7 Å². The van der Waals surface area contributed by atoms with E-state index in [0.717, 1.165) is 24.9 Å². The first-order chi connectivity index (χ1) is 14.9. The number of nitrogens with two attached hydrogens (primary N) is 1. The molecular formula is C27H47NO3Si2. The molecule has 1 aromatic rings. The minimum atomic E-state index is -1.89. The van der Waals surface area contributed by atoms with Crippen LogP contribution in [0.5, 0.6) is 0 Å². The molecule has 2 N–H and O–H groups in total. The second kappa shape index (κ2) is 8.63. The normalized spacial score (nSPS) is 26.4. The van der Waals surface area contributed by atoms with E-state index in [2.05, 4.69) is 85.9 Å². The van der Waals surface area contributed by atoms with Gasteiger partial charge in [-0.25, -0.2) is 0 Å². The molecule has 33 heavy (non-hydrogen) atoms. The van der Waals surface area contributed by atoms with Crippen molar-refractivity contribution in [3.63, 3.8) is 0 Å². The number of fused-ring (bicyclic) bond motifs is 2. The number of benzene rings is 1. The lowest BCUT2D eigenvalue weighted by atomic mass is 9.88. The van der Waals surface area contributed by atoms with Crippen molar-refractivity contribution >= 4 is 27.9 Å². The van der Waals surface area contributed by atoms with Crippen LogP contribution in [0.3, 0.4) is 0 Å². The van der Waals surface area contributed by atoms with Gasteiger partial charge in [0.15, 0.2) is 16.6 Å². The summed E-state index contributed by atoms with van der Waals surface area (Å²) in [4.78, 5) is 0. The lowest BCUT2D eigenvalue weighted by Gasteiger charge is -2.44. The fourth-order valence-corrected chi connectivity index (χ4v) is 6.24. The highest BCUT2D eigenvalue weighted by Crippen LogP contribution is 2.51. The first-order valence-corrected chi connectivity index (χ1v) is 18.3. The maximum Gasteiger partial charge on any atom is 0.192 e. The summed E-state index contributed by atoms with van der Waals surface area (Å²) in [6.45, 7) is 24.3. The van der Waals surface area contributed by atoms with E-state index in [1.807, 2.05) is 12.1 Å². The van der Waals surface area contributed by atoms with Crippen LogP contribution in [0.4, 0.5) is 5.69 Å². The zero-order valence-electron chi connectivity index (χ0n) is 22.7. The van der Waals surface area contributed by atoms with E-state index in [-0.39, 0.29) is 21.3 Å². The quantitative estimate of drug-likeness (QED) is 0.320. The fraction of sp³-hybridized carbons (Fsp3) is 0.704. The largest absolute Gasteiger partial charge is 0.414 e. The summed E-state index contributed by atoms with van der Waals surface area (Å²) in [7, 11) is -3.77. The predicted molar refractivity (Wildman–Crippen MR) is 146 cm³/mol. The van der Waals surface area contributed by atoms with Gasteiger partial charge in [-0.15, -0.1) is 0 Å². The van der Waals surface area contributed by atoms with Crippen molar-refractivity contribution in [2.45, 2.75) is 108 Å². The Kier molecular flexibility index (Phi) is 6.97. The van der Waals surface area contributed by atoms with Crippen molar-refractivity contribution in [3.8, 4) is 0 Å². The molecule has 2 bridgehead atoms. The smallest absolute Gasteiger partial charge is 0.192 e. The summed E-state index contributed by atoms with van der Waals surface area (Å²) in [5.74, 6) is 0. The molecule has 1 fully saturated rings. The Hall–Kier alpha value is -0.926. The molecule has 4 nitrogen and oxygen atoms in total. The Morgan fingerprint density at radius 1 is 0.848 bits per heavy atom. The zero-order valence-corrected chi connectivity index (χ0v) is 24.7. The highest BCUT2D eigenvalue weighted by molar-refractivity contribution is 6.74. The standard InChI is InChI=1S/C27H47NO3Si2/c1-24(2,3)32(7,8)29-19-26-15-16-27(31-26,20-30-33(9,10)25(4,5)6)18-22(17-26)21-11-13-23(28)14-12-21/h11-14,17H,15-16,18-20,28H2,1-10H3. The molecule has 6 heteroatoms. The molecule has 0 aliphatic carbocycles. The van der Waals surface area contributed by atoms with Crippen LogP contribution >= 0.6 is 0 Å². The Labute approximate surface area is 204 Å². The van der Waals surface area contributed by atoms with Gasteiger partial charge in [-0.2, -0.15) is 0 Å². The van der Waals surface area contributed by atoms with Crippen LogP contribution in [0.2, 0.25) is 36.3 Å². The van der Waals surface area contributed by atoms with Gasteiger partial charge in [0.1, 0.15) is 5.60 Å². The second-order valence-corrected chi connectivity index (χ2v) is 23.0. The lowest BCUT2D eigenvalue weighted by Crippen LogP contribution is -2.50. The van der Waals surface area contributed by atoms with Gasteiger partial charge in [0.2, 0.25) is 0 Å². The first-order valence-electron chi connectivity index (χ1n) is 12.5. The Morgan fingerprint density at radius 2 is 1.36 bits per heavy atom. The van der Waals surface area contributed by atoms with Gasteiger partial charge in [0.25, 0.3) is 0 Å². The number of hydrogen-bond donors (Lipinski definition) is 1. The lowest BCUT2D eigenvalue weighted by molar-refractivity contribution is -0.119. The average Bonchev–Trinajstić information content (AvgIpc) is 2.95. The monoisotopic (exact) mass is 489 g/mol. The van der Waals surface area contributed by atoms with E-state index >= 15 is 0 Å². The van der Waals surface area contributed by atoms with Crippen LogP contribution in [-0.2, 0) is 13.6 Å². The van der Waals surface area contributed by atoms with Gasteiger partial charge in [0, 0.05) is 12.1 Å². The minimum Gasteiger partial charge on any atom is -0.414 e. The van der Waals surface area contributed by atoms with E-state index in [1.165, 1.54) is 11.1 Å². The van der Waals surface area contributed by atoms with Crippen molar-refractivity contribution < 1.29 is 13.6 Å². The van der Waals surface area contributed by atoms with Gasteiger partial charge in [-0.3, -0.25) is 0 Å². The fourth-order valence-electron chi connectivity index (χ4n) is 4.14. The summed E-state index contributed by atoms with van der Waals surface area (Å²) >= 11 is 0. The third kappa shape index (κ3) is 5.67. The van der Waals surface area contributed by atoms with Crippen LogP contribution in [0.1, 0.15) is 66.4 Å². The Bertz CT molecular complexity index is 880. The third-order valence-corrected chi connectivity index (χ3v) is 17.6. The summed E-state index contributed by atoms with van der Waals surface area (Å²) in [5.41, 5.74) is 8.64. The number of anilines is 1. The Balaban J connectivity index is 1.90. The average molecular weight is 490 g/mol. The third-order valence-electron chi connectivity index (χ3n) is 8.64. The van der Waals surface area contributed by atoms with E-state index in [1.54, 1.807) is 0 Å². The first kappa shape index (κ1) is 26.7. The van der Waals surface area contributed by atoms with Gasteiger partial charge < -0.3 is 19.3 Å². The Morgan fingerprint density at radius 3 is 1.88 bits per heavy atom. The van der Waals surface area contributed by atoms with E-state index in [0.29, 0.717) is 13.2 Å². The molecule has 0 spiro atoms. The molecule has 3 rings (SSSR count). The van der Waals surface area contributed by atoms with Crippen molar-refractivity contribution in [1.29, 1.82) is 0 Å². The zero-order chi connectivity index (χ0) is 24.9. The number of hydrogen-bond acceptors (Lipinski definition) is 4. The number of nitrogen functional groups attached to an aromatic ring is 1. The van der Waals surface area contributed by atoms with Crippen molar-refractivity contribution in [2.75, 3.05) is 18.9 Å². The molecule has 2 heterocycles. The SMILES string of the molecule is CC(C)(C)[Si](C)(C)OCC12C=C(c3ccc(N)cc3)CC(CO[Si](C)(C)C(C)(C)C)(CC1)O2. The molecule has 2 aliphatic rings. The predicted octanol–water partition coefficient (Wildman–Crippen LogP) is 7.39. The molecule has 0 saturated carbocycles. The topological polar surface area (TPSA) is 53.7 Å². The van der Waals surface area contributed by atoms with Crippen LogP contribution < -0.4 is 5.73 Å². The van der Waals surface area contributed by atoms with Gasteiger partial charge in [0.05, 0.1) is 18.8 Å². The molecule has 0 aromatic heterocycles. The second-order valence-electron chi connectivity index (χ2n) is 13.4. The molecule has 2 atom stereocenters. The number of ether oxygens (including phenoxy) is 1. The van der Waals surface area contributed by atoms with Crippen molar-refractivity contribution in [2.24, 2.45) is 0 Å². The van der Waals surface area contributed by atoms with Crippen molar-refractivity contribution in [1.82, 2.24) is 0 Å². The number of rotatable bonds is 7. The summed E-state index contributed by atoms with van der Waals surface area (Å²) in [5, 5.41) is 0.345. The molecule has 186 valence electrons. The minimum absolute atomic E-state index is 0.170. The van der Waals surface area contributed by atoms with E-state index in [4.69, 9.17) is 19.3 Å². The summed E-state index contributed by atoms with van der Waals surface area (Å²) < 4.78 is 20.4. The van der Waals surface area contributed by atoms with Crippen molar-refractivity contribution in [3.05, 3.63) is 35.9 Å². The summed E-state index contributed by atoms with van der Waals surface area (Å²) in [6, 6.07) is 8.25. The maximum absolute atomic E-state index is 6.96. The molecular weight excluding hydrogens is 442 g/mol. The van der Waals surface area contributed by atoms with Gasteiger partial charge in [-0.05, 0) is 78.5 Å². The molecule has 2 unspecified atom stereocenters. The highest BCUT2D eigenvalue weighted by Gasteiger charge is 2.54. The summed E-state index contributed by atoms with van der Waals surface area (Å²) in [6.07, 6.45) is 5.19. The molecule has 1 saturated heterocycles. The molecule has 2 aliphatic heterocycles. The molecule has 1 aromatic carbocycles. The van der Waals surface area contributed by atoms with Crippen LogP contribution in [-0.4, -0.2) is 41.1 Å². The molecule has 0 radical (unpaired) electrons. The van der Waals surface area contributed by atoms with Crippen LogP contribution in [0, 0.1) is 0 Å². The van der Waals surface area contributed by atoms with Crippen LogP contribution in [0.15, 0.2) is 30.3 Å².